The summed E-state index contributed by atoms with van der Waals surface area (Å²) in [7, 11) is 0. The normalized spacial score (nSPS) is 15.6. The number of nitrogens with one attached hydrogen (secondary N) is 2. The first-order valence-corrected chi connectivity index (χ1v) is 5.32. The molecule has 0 saturated heterocycles. The molecule has 92 valence electrons. The van der Waals surface area contributed by atoms with Crippen LogP contribution in [-0.4, -0.2) is 35.9 Å². The lowest BCUT2D eigenvalue weighted by Crippen LogP contribution is -2.45. The maximum absolute atomic E-state index is 10.8. The van der Waals surface area contributed by atoms with Crippen LogP contribution in [0.2, 0.25) is 0 Å². The molecule has 5 heteroatoms. The maximum Gasteiger partial charge on any atom is 0.327 e. The molecule has 16 heavy (non-hydrogen) atoms. The van der Waals surface area contributed by atoms with Gasteiger partial charge >= 0.3 is 5.97 Å². The minimum absolute atomic E-state index is 0.576. The van der Waals surface area contributed by atoms with Gasteiger partial charge in [0.25, 0.3) is 0 Å². The van der Waals surface area contributed by atoms with E-state index in [0.29, 0.717) is 12.1 Å². The fraction of sp³-hybridized carbons (Fsp3) is 0.636. The van der Waals surface area contributed by atoms with E-state index in [1.165, 1.54) is 13.1 Å². The number of hydrogen-bond acceptors (Lipinski definition) is 4. The van der Waals surface area contributed by atoms with E-state index in [1.807, 2.05) is 6.08 Å². The SMILES string of the molecule is CC(=CCCCNCC=N)C(C)(N)C(=O)O. The second kappa shape index (κ2) is 7.14. The third-order valence-corrected chi connectivity index (χ3v) is 2.52. The third kappa shape index (κ3) is 5.04. The molecule has 1 atom stereocenters. The summed E-state index contributed by atoms with van der Waals surface area (Å²) < 4.78 is 0. The van der Waals surface area contributed by atoms with Crippen LogP contribution in [-0.2, 0) is 4.79 Å². The zero-order valence-corrected chi connectivity index (χ0v) is 9.92. The Bertz CT molecular complexity index is 272. The molecule has 0 fully saturated rings. The first-order valence-electron chi connectivity index (χ1n) is 5.32. The van der Waals surface area contributed by atoms with Gasteiger partial charge in [-0.25, -0.2) is 4.79 Å². The Morgan fingerprint density at radius 1 is 1.62 bits per heavy atom. The summed E-state index contributed by atoms with van der Waals surface area (Å²) in [6.45, 7) is 4.62. The van der Waals surface area contributed by atoms with Crippen molar-refractivity contribution in [1.82, 2.24) is 5.32 Å². The van der Waals surface area contributed by atoms with Crippen molar-refractivity contribution in [1.29, 1.82) is 5.41 Å². The highest BCUT2D eigenvalue weighted by Crippen LogP contribution is 2.14. The predicted octanol–water partition coefficient (Wildman–Crippen LogP) is 0.754. The fourth-order valence-electron chi connectivity index (χ4n) is 1.10. The average Bonchev–Trinajstić information content (AvgIpc) is 2.22. The van der Waals surface area contributed by atoms with E-state index >= 15 is 0 Å². The van der Waals surface area contributed by atoms with Crippen LogP contribution in [0.5, 0.6) is 0 Å². The maximum atomic E-state index is 10.8. The summed E-state index contributed by atoms with van der Waals surface area (Å²) in [6.07, 6.45) is 4.86. The van der Waals surface area contributed by atoms with Gasteiger partial charge in [-0.3, -0.25) is 0 Å². The van der Waals surface area contributed by atoms with Crippen molar-refractivity contribution in [2.45, 2.75) is 32.2 Å². The monoisotopic (exact) mass is 227 g/mol. The van der Waals surface area contributed by atoms with Crippen LogP contribution in [0.15, 0.2) is 11.6 Å². The number of carbonyl (C=O) groups is 1. The molecule has 0 radical (unpaired) electrons. The molecular formula is C11H21N3O2. The number of rotatable bonds is 8. The van der Waals surface area contributed by atoms with E-state index in [0.717, 1.165) is 19.4 Å². The molecule has 0 rings (SSSR count). The molecule has 0 aliphatic carbocycles. The van der Waals surface area contributed by atoms with Crippen molar-refractivity contribution >= 4 is 12.2 Å². The molecule has 0 aromatic heterocycles. The number of allylic oxidation sites excluding steroid dienone is 1. The minimum atomic E-state index is -1.28. The largest absolute Gasteiger partial charge is 0.480 e. The highest BCUT2D eigenvalue weighted by atomic mass is 16.4. The van der Waals surface area contributed by atoms with Crippen molar-refractivity contribution in [2.75, 3.05) is 13.1 Å². The smallest absolute Gasteiger partial charge is 0.327 e. The van der Waals surface area contributed by atoms with Crippen LogP contribution < -0.4 is 11.1 Å². The lowest BCUT2D eigenvalue weighted by Gasteiger charge is -2.20. The number of aliphatic carboxylic acids is 1. The highest BCUT2D eigenvalue weighted by molar-refractivity contribution is 5.82. The summed E-state index contributed by atoms with van der Waals surface area (Å²) in [6, 6.07) is 0. The van der Waals surface area contributed by atoms with Crippen molar-refractivity contribution in [3.8, 4) is 0 Å². The molecular weight excluding hydrogens is 206 g/mol. The lowest BCUT2D eigenvalue weighted by atomic mass is 9.93. The van der Waals surface area contributed by atoms with E-state index in [1.54, 1.807) is 6.92 Å². The molecule has 0 aromatic rings. The van der Waals surface area contributed by atoms with Gasteiger partial charge in [0, 0.05) is 12.8 Å². The molecule has 0 bridgehead atoms. The summed E-state index contributed by atoms with van der Waals surface area (Å²) in [5.74, 6) is -1.01. The van der Waals surface area contributed by atoms with Crippen LogP contribution in [0.3, 0.4) is 0 Å². The van der Waals surface area contributed by atoms with Gasteiger partial charge in [-0.2, -0.15) is 0 Å². The average molecular weight is 227 g/mol. The Hall–Kier alpha value is -1.20. The van der Waals surface area contributed by atoms with Gasteiger partial charge in [0.1, 0.15) is 5.54 Å². The van der Waals surface area contributed by atoms with Gasteiger partial charge in [-0.05, 0) is 38.8 Å². The molecule has 0 spiro atoms. The molecule has 0 saturated carbocycles. The number of nitrogens with two attached hydrogens (primary N) is 1. The summed E-state index contributed by atoms with van der Waals surface area (Å²) in [5, 5.41) is 18.7. The van der Waals surface area contributed by atoms with Crippen molar-refractivity contribution in [3.05, 3.63) is 11.6 Å². The van der Waals surface area contributed by atoms with Crippen LogP contribution in [0.25, 0.3) is 0 Å². The van der Waals surface area contributed by atoms with Crippen molar-refractivity contribution in [3.63, 3.8) is 0 Å². The van der Waals surface area contributed by atoms with Gasteiger partial charge in [0.05, 0.1) is 0 Å². The Labute approximate surface area is 96.2 Å². The summed E-state index contributed by atoms with van der Waals surface area (Å²) >= 11 is 0. The molecule has 0 heterocycles. The van der Waals surface area contributed by atoms with Gasteiger partial charge in [0.15, 0.2) is 0 Å². The van der Waals surface area contributed by atoms with Gasteiger partial charge < -0.3 is 21.6 Å². The Balaban J connectivity index is 3.96. The van der Waals surface area contributed by atoms with E-state index in [4.69, 9.17) is 16.2 Å². The topological polar surface area (TPSA) is 99.2 Å². The van der Waals surface area contributed by atoms with Crippen LogP contribution in [0, 0.1) is 5.41 Å². The van der Waals surface area contributed by atoms with Crippen molar-refractivity contribution in [2.24, 2.45) is 5.73 Å². The van der Waals surface area contributed by atoms with E-state index < -0.39 is 11.5 Å². The van der Waals surface area contributed by atoms with Crippen LogP contribution >= 0.6 is 0 Å². The van der Waals surface area contributed by atoms with Gasteiger partial charge in [-0.1, -0.05) is 6.08 Å². The number of unbranched alkanes of at least 4 members (excludes halogenated alkanes) is 1. The Morgan fingerprint density at radius 2 is 2.25 bits per heavy atom. The fourth-order valence-corrected chi connectivity index (χ4v) is 1.10. The molecule has 0 aliphatic rings. The molecule has 0 aromatic carbocycles. The van der Waals surface area contributed by atoms with E-state index in [2.05, 4.69) is 5.32 Å². The van der Waals surface area contributed by atoms with E-state index in [9.17, 15) is 4.79 Å². The predicted molar refractivity (Wildman–Crippen MR) is 64.9 cm³/mol. The van der Waals surface area contributed by atoms with Gasteiger partial charge in [-0.15, -0.1) is 0 Å². The summed E-state index contributed by atoms with van der Waals surface area (Å²) in [4.78, 5) is 10.8. The highest BCUT2D eigenvalue weighted by Gasteiger charge is 2.29. The van der Waals surface area contributed by atoms with Crippen LogP contribution in [0.4, 0.5) is 0 Å². The summed E-state index contributed by atoms with van der Waals surface area (Å²) in [5.41, 5.74) is 5.05. The molecule has 0 amide bonds. The van der Waals surface area contributed by atoms with E-state index in [-0.39, 0.29) is 0 Å². The van der Waals surface area contributed by atoms with Crippen LogP contribution in [0.1, 0.15) is 26.7 Å². The lowest BCUT2D eigenvalue weighted by molar-refractivity contribution is -0.141. The quantitative estimate of drug-likeness (QED) is 0.279. The standard InChI is InChI=1S/C11H21N3O2/c1-9(11(2,13)10(15)16)5-3-4-7-14-8-6-12/h5-6,12,14H,3-4,7-8,13H2,1-2H3,(H,15,16). The van der Waals surface area contributed by atoms with Gasteiger partial charge in [0.2, 0.25) is 0 Å². The molecule has 5 nitrogen and oxygen atoms in total. The molecule has 0 aliphatic heterocycles. The molecule has 5 N–H and O–H groups in total. The number of carboxylic acids is 1. The van der Waals surface area contributed by atoms with Crippen molar-refractivity contribution < 1.29 is 9.90 Å². The number of hydrogen-bond donors (Lipinski definition) is 4. The number of carboxylic acid groups (broad SMARTS) is 1. The minimum Gasteiger partial charge on any atom is -0.480 e. The second-order valence-corrected chi connectivity index (χ2v) is 3.95. The Kier molecular flexibility index (Phi) is 6.60. The zero-order chi connectivity index (χ0) is 12.6. The third-order valence-electron chi connectivity index (χ3n) is 2.52. The Morgan fingerprint density at radius 3 is 2.75 bits per heavy atom. The first-order chi connectivity index (χ1) is 7.42. The first kappa shape index (κ1) is 14.8. The molecule has 1 unspecified atom stereocenters. The zero-order valence-electron chi connectivity index (χ0n) is 9.92. The second-order valence-electron chi connectivity index (χ2n) is 3.95.